The fourth-order valence-electron chi connectivity index (χ4n) is 4.30. The lowest BCUT2D eigenvalue weighted by Crippen LogP contribution is -2.34. The van der Waals surface area contributed by atoms with Crippen LogP contribution in [0.1, 0.15) is 67.2 Å². The van der Waals surface area contributed by atoms with Crippen molar-refractivity contribution in [2.45, 2.75) is 70.4 Å². The molecule has 17 heteroatoms. The van der Waals surface area contributed by atoms with Crippen LogP contribution < -0.4 is 5.32 Å². The zero-order chi connectivity index (χ0) is 33.1. The molecule has 0 aromatic carbocycles. The summed E-state index contributed by atoms with van der Waals surface area (Å²) in [5.41, 5.74) is 3.51. The van der Waals surface area contributed by atoms with Crippen molar-refractivity contribution in [1.82, 2.24) is 29.6 Å². The highest BCUT2D eigenvalue weighted by Gasteiger charge is 2.39. The Hall–Kier alpha value is -4.28. The zero-order valence-electron chi connectivity index (χ0n) is 23.8. The van der Waals surface area contributed by atoms with Gasteiger partial charge in [-0.25, -0.2) is 19.6 Å². The lowest BCUT2D eigenvalue weighted by Gasteiger charge is -2.32. The van der Waals surface area contributed by atoms with E-state index in [0.717, 1.165) is 45.3 Å². The minimum Gasteiger partial charge on any atom is -0.475 e. The second kappa shape index (κ2) is 16.0. The van der Waals surface area contributed by atoms with Crippen LogP contribution in [0.25, 0.3) is 5.65 Å². The number of aliphatic carboxylic acids is 2. The SMILES string of the molecule is CCC(CC)NC(=O)c1ncn2c(C3CCN(Cc4cccnc4)CC3)ccnc12.O=C(O)C(F)(F)F.O=C(O)C(F)(F)F. The number of pyridine rings is 1. The number of nitrogens with zero attached hydrogens (tertiary/aromatic N) is 5. The molecule has 1 amide bonds. The summed E-state index contributed by atoms with van der Waals surface area (Å²) in [5.74, 6) is -5.22. The van der Waals surface area contributed by atoms with Gasteiger partial charge in [0.25, 0.3) is 5.91 Å². The monoisotopic (exact) mass is 634 g/mol. The maximum absolute atomic E-state index is 12.7. The summed E-state index contributed by atoms with van der Waals surface area (Å²) >= 11 is 0. The molecule has 11 nitrogen and oxygen atoms in total. The minimum atomic E-state index is -5.08. The molecule has 1 saturated heterocycles. The van der Waals surface area contributed by atoms with E-state index < -0.39 is 24.3 Å². The van der Waals surface area contributed by atoms with Crippen molar-refractivity contribution in [2.75, 3.05) is 13.1 Å². The van der Waals surface area contributed by atoms with Crippen LogP contribution >= 0.6 is 0 Å². The molecule has 0 bridgehead atoms. The third kappa shape index (κ3) is 10.8. The number of carbonyl (C=O) groups excluding carboxylic acids is 1. The molecule has 1 aliphatic rings. The van der Waals surface area contributed by atoms with Gasteiger partial charge in [0, 0.05) is 42.8 Å². The number of likely N-dealkylation sites (tertiary alicyclic amines) is 1. The Bertz CT molecular complexity index is 1350. The summed E-state index contributed by atoms with van der Waals surface area (Å²) in [6.07, 6.45) is 1.12. The third-order valence-electron chi connectivity index (χ3n) is 6.62. The van der Waals surface area contributed by atoms with Gasteiger partial charge in [-0.1, -0.05) is 19.9 Å². The van der Waals surface area contributed by atoms with E-state index in [1.54, 1.807) is 6.33 Å². The first kappa shape index (κ1) is 35.9. The molecule has 0 radical (unpaired) electrons. The molecule has 4 rings (SSSR count). The maximum Gasteiger partial charge on any atom is 0.490 e. The van der Waals surface area contributed by atoms with Crippen molar-refractivity contribution in [3.63, 3.8) is 0 Å². The Balaban J connectivity index is 0.000000402. The number of carboxylic acid groups (broad SMARTS) is 2. The van der Waals surface area contributed by atoms with Crippen molar-refractivity contribution in [3.8, 4) is 0 Å². The van der Waals surface area contributed by atoms with E-state index in [9.17, 15) is 31.1 Å². The smallest absolute Gasteiger partial charge is 0.475 e. The Morgan fingerprint density at radius 2 is 1.52 bits per heavy atom. The average molecular weight is 635 g/mol. The van der Waals surface area contributed by atoms with Crippen molar-refractivity contribution in [3.05, 3.63) is 60.1 Å². The third-order valence-corrected chi connectivity index (χ3v) is 6.62. The predicted octanol–water partition coefficient (Wildman–Crippen LogP) is 4.69. The highest BCUT2D eigenvalue weighted by Crippen LogP contribution is 2.29. The van der Waals surface area contributed by atoms with Crippen LogP contribution in [0.15, 0.2) is 43.1 Å². The number of hydrogen-bond acceptors (Lipinski definition) is 7. The molecule has 242 valence electrons. The van der Waals surface area contributed by atoms with E-state index in [1.807, 2.05) is 29.1 Å². The fraction of sp³-hybridized carbons (Fsp3) is 0.481. The summed E-state index contributed by atoms with van der Waals surface area (Å²) in [6.45, 7) is 7.19. The molecule has 0 saturated carbocycles. The Kier molecular flexibility index (Phi) is 13.0. The molecule has 0 spiro atoms. The molecular weight excluding hydrogens is 602 g/mol. The van der Waals surface area contributed by atoms with Gasteiger partial charge in [-0.2, -0.15) is 26.3 Å². The predicted molar refractivity (Wildman–Crippen MR) is 144 cm³/mol. The van der Waals surface area contributed by atoms with Gasteiger partial charge in [0.1, 0.15) is 6.33 Å². The van der Waals surface area contributed by atoms with Gasteiger partial charge >= 0.3 is 24.3 Å². The summed E-state index contributed by atoms with van der Waals surface area (Å²) in [4.78, 5) is 46.1. The molecule has 4 heterocycles. The van der Waals surface area contributed by atoms with E-state index in [0.29, 0.717) is 17.3 Å². The number of alkyl halides is 6. The number of aromatic nitrogens is 4. The van der Waals surface area contributed by atoms with Gasteiger partial charge in [0.2, 0.25) is 0 Å². The highest BCUT2D eigenvalue weighted by molar-refractivity contribution is 5.98. The number of nitrogens with one attached hydrogen (secondary N) is 1. The lowest BCUT2D eigenvalue weighted by atomic mass is 9.93. The first-order valence-corrected chi connectivity index (χ1v) is 13.4. The maximum atomic E-state index is 12.7. The van der Waals surface area contributed by atoms with Crippen LogP contribution in [0.5, 0.6) is 0 Å². The van der Waals surface area contributed by atoms with Gasteiger partial charge < -0.3 is 15.5 Å². The minimum absolute atomic E-state index is 0.137. The van der Waals surface area contributed by atoms with Crippen LogP contribution in [0.4, 0.5) is 26.3 Å². The highest BCUT2D eigenvalue weighted by atomic mass is 19.4. The topological polar surface area (TPSA) is 150 Å². The van der Waals surface area contributed by atoms with Gasteiger partial charge in [0.15, 0.2) is 11.3 Å². The Morgan fingerprint density at radius 3 is 2.00 bits per heavy atom. The quantitative estimate of drug-likeness (QED) is 0.315. The number of piperidine rings is 1. The van der Waals surface area contributed by atoms with Crippen LogP contribution in [0, 0.1) is 0 Å². The van der Waals surface area contributed by atoms with Crippen LogP contribution in [-0.2, 0) is 16.1 Å². The largest absolute Gasteiger partial charge is 0.490 e. The van der Waals surface area contributed by atoms with E-state index in [1.165, 1.54) is 11.3 Å². The van der Waals surface area contributed by atoms with Gasteiger partial charge in [-0.15, -0.1) is 0 Å². The van der Waals surface area contributed by atoms with Crippen LogP contribution in [0.3, 0.4) is 0 Å². The number of halogens is 6. The van der Waals surface area contributed by atoms with Crippen molar-refractivity contribution >= 4 is 23.5 Å². The normalized spacial score (nSPS) is 14.3. The molecule has 3 aromatic heterocycles. The number of imidazole rings is 1. The Labute approximate surface area is 247 Å². The van der Waals surface area contributed by atoms with E-state index >= 15 is 0 Å². The van der Waals surface area contributed by atoms with Crippen molar-refractivity contribution in [1.29, 1.82) is 0 Å². The fourth-order valence-corrected chi connectivity index (χ4v) is 4.30. The second-order valence-electron chi connectivity index (χ2n) is 9.66. The Morgan fingerprint density at radius 1 is 0.955 bits per heavy atom. The number of fused-ring (bicyclic) bond motifs is 1. The molecule has 3 aromatic rings. The molecule has 1 fully saturated rings. The standard InChI is InChI=1S/C23H30N6O.2C2HF3O2/c1-3-19(4-2)27-23(30)21-22-25-11-7-20(29(22)16-26-21)18-8-12-28(13-9-18)15-17-6-5-10-24-14-17;2*3-2(4,5)1(6)7/h5-7,10-11,14,16,18-19H,3-4,8-9,12-13,15H2,1-2H3,(H,27,30);2*(H,6,7). The number of hydrogen-bond donors (Lipinski definition) is 3. The summed E-state index contributed by atoms with van der Waals surface area (Å²) in [6, 6.07) is 6.36. The summed E-state index contributed by atoms with van der Waals surface area (Å²) in [5, 5.41) is 17.3. The molecule has 0 atom stereocenters. The van der Waals surface area contributed by atoms with E-state index in [4.69, 9.17) is 19.8 Å². The molecule has 0 unspecified atom stereocenters. The lowest BCUT2D eigenvalue weighted by molar-refractivity contribution is -0.193. The number of amides is 1. The second-order valence-corrected chi connectivity index (χ2v) is 9.66. The molecular formula is C27H32F6N6O5. The number of rotatable bonds is 7. The van der Waals surface area contributed by atoms with Crippen molar-refractivity contribution in [2.24, 2.45) is 0 Å². The summed E-state index contributed by atoms with van der Waals surface area (Å²) in [7, 11) is 0. The number of carbonyl (C=O) groups is 3. The van der Waals surface area contributed by atoms with E-state index in [2.05, 4.69) is 51.1 Å². The zero-order valence-corrected chi connectivity index (χ0v) is 23.8. The number of carboxylic acids is 2. The first-order valence-electron chi connectivity index (χ1n) is 13.4. The van der Waals surface area contributed by atoms with Gasteiger partial charge in [-0.3, -0.25) is 19.1 Å². The molecule has 44 heavy (non-hydrogen) atoms. The molecule has 0 aliphatic carbocycles. The first-order chi connectivity index (χ1) is 20.6. The molecule has 3 N–H and O–H groups in total. The van der Waals surface area contributed by atoms with Crippen LogP contribution in [-0.4, -0.2) is 83.8 Å². The molecule has 1 aliphatic heterocycles. The van der Waals surface area contributed by atoms with Gasteiger partial charge in [0.05, 0.1) is 0 Å². The van der Waals surface area contributed by atoms with Crippen LogP contribution in [0.2, 0.25) is 0 Å². The van der Waals surface area contributed by atoms with Crippen molar-refractivity contribution < 1.29 is 50.9 Å². The average Bonchev–Trinajstić information content (AvgIpc) is 3.41. The van der Waals surface area contributed by atoms with E-state index in [-0.39, 0.29) is 11.9 Å². The van der Waals surface area contributed by atoms with Gasteiger partial charge in [-0.05, 0) is 56.5 Å². The summed E-state index contributed by atoms with van der Waals surface area (Å²) < 4.78 is 65.5.